The number of fused-ring (bicyclic) bond motifs is 1. The first-order valence-electron chi connectivity index (χ1n) is 7.00. The van der Waals surface area contributed by atoms with E-state index in [0.717, 1.165) is 25.7 Å². The lowest BCUT2D eigenvalue weighted by molar-refractivity contribution is -0.121. The number of anilines is 1. The van der Waals surface area contributed by atoms with Crippen LogP contribution < -0.4 is 20.5 Å². The van der Waals surface area contributed by atoms with Gasteiger partial charge in [0.2, 0.25) is 11.7 Å². The van der Waals surface area contributed by atoms with Gasteiger partial charge < -0.3 is 20.5 Å². The summed E-state index contributed by atoms with van der Waals surface area (Å²) in [5, 5.41) is 2.88. The van der Waals surface area contributed by atoms with Crippen LogP contribution in [0.3, 0.4) is 0 Å². The second-order valence-corrected chi connectivity index (χ2v) is 6.08. The van der Waals surface area contributed by atoms with Crippen LogP contribution in [0.15, 0.2) is 18.2 Å². The average molecular weight is 276 g/mol. The van der Waals surface area contributed by atoms with Crippen LogP contribution >= 0.6 is 0 Å². The third-order valence-corrected chi connectivity index (χ3v) is 3.86. The fourth-order valence-corrected chi connectivity index (χ4v) is 2.79. The molecule has 20 heavy (non-hydrogen) atoms. The number of nitrogens with two attached hydrogens (primary N) is 1. The largest absolute Gasteiger partial charge is 0.449 e. The maximum atomic E-state index is 12.3. The molecule has 1 aromatic rings. The van der Waals surface area contributed by atoms with Crippen molar-refractivity contribution in [3.63, 3.8) is 0 Å². The lowest BCUT2D eigenvalue weighted by Crippen LogP contribution is -2.48. The van der Waals surface area contributed by atoms with E-state index >= 15 is 0 Å². The van der Waals surface area contributed by atoms with E-state index in [-0.39, 0.29) is 5.91 Å². The number of benzene rings is 1. The lowest BCUT2D eigenvalue weighted by atomic mass is 9.98. The van der Waals surface area contributed by atoms with E-state index in [4.69, 9.17) is 15.2 Å². The van der Waals surface area contributed by atoms with Crippen LogP contribution in [0.1, 0.15) is 39.5 Å². The Hall–Kier alpha value is -1.75. The van der Waals surface area contributed by atoms with E-state index in [1.807, 2.05) is 13.8 Å². The minimum absolute atomic E-state index is 0.117. The minimum Gasteiger partial charge on any atom is -0.449 e. The Balaban J connectivity index is 1.75. The van der Waals surface area contributed by atoms with Gasteiger partial charge in [-0.1, -0.05) is 12.8 Å². The summed E-state index contributed by atoms with van der Waals surface area (Å²) in [7, 11) is 0. The number of carbonyl (C=O) groups excluding carboxylic acids is 1. The fraction of sp³-hybridized carbons (Fsp3) is 0.533. The van der Waals surface area contributed by atoms with Crippen LogP contribution in [0.5, 0.6) is 11.5 Å². The smallest absolute Gasteiger partial charge is 0.246 e. The van der Waals surface area contributed by atoms with Gasteiger partial charge in [0.25, 0.3) is 0 Å². The Labute approximate surface area is 118 Å². The Bertz CT molecular complexity index is 548. The molecule has 2 aliphatic rings. The van der Waals surface area contributed by atoms with Gasteiger partial charge in [0.1, 0.15) is 0 Å². The number of carbonyl (C=O) groups is 1. The summed E-state index contributed by atoms with van der Waals surface area (Å²) in [5.74, 6) is 0.556. The Morgan fingerprint density at radius 3 is 2.55 bits per heavy atom. The number of nitrogens with one attached hydrogen (secondary N) is 1. The van der Waals surface area contributed by atoms with Gasteiger partial charge in [-0.15, -0.1) is 0 Å². The summed E-state index contributed by atoms with van der Waals surface area (Å²) in [6.07, 6.45) is 3.52. The average Bonchev–Trinajstić information content (AvgIpc) is 2.91. The van der Waals surface area contributed by atoms with Gasteiger partial charge in [0.05, 0.1) is 5.54 Å². The van der Waals surface area contributed by atoms with Crippen LogP contribution in [-0.2, 0) is 4.79 Å². The van der Waals surface area contributed by atoms with Gasteiger partial charge in [-0.25, -0.2) is 0 Å². The molecule has 1 aliphatic heterocycles. The molecule has 5 heteroatoms. The third kappa shape index (κ3) is 2.33. The molecule has 1 fully saturated rings. The first kappa shape index (κ1) is 13.2. The third-order valence-electron chi connectivity index (χ3n) is 3.86. The van der Waals surface area contributed by atoms with E-state index in [0.29, 0.717) is 17.2 Å². The molecule has 0 atom stereocenters. The molecule has 3 rings (SSSR count). The molecular formula is C15H20N2O3. The topological polar surface area (TPSA) is 73.6 Å². The molecule has 0 aromatic heterocycles. The summed E-state index contributed by atoms with van der Waals surface area (Å²) < 4.78 is 11.3. The van der Waals surface area contributed by atoms with Crippen molar-refractivity contribution in [1.29, 1.82) is 0 Å². The minimum atomic E-state index is -0.727. The molecule has 1 amide bonds. The standard InChI is InChI=1S/C15H20N2O3/c1-14(2)19-11-6-5-10(9-12(11)20-14)17-13(18)15(16)7-3-4-8-15/h5-6,9H,3-4,7-8,16H2,1-2H3,(H,17,18). The van der Waals surface area contributed by atoms with Crippen molar-refractivity contribution in [3.8, 4) is 11.5 Å². The number of rotatable bonds is 2. The summed E-state index contributed by atoms with van der Waals surface area (Å²) in [6, 6.07) is 5.39. The fourth-order valence-electron chi connectivity index (χ4n) is 2.79. The maximum absolute atomic E-state index is 12.3. The van der Waals surface area contributed by atoms with E-state index in [1.54, 1.807) is 18.2 Å². The van der Waals surface area contributed by atoms with Crippen molar-refractivity contribution in [2.45, 2.75) is 50.9 Å². The van der Waals surface area contributed by atoms with Gasteiger partial charge in [0, 0.05) is 25.6 Å². The summed E-state index contributed by atoms with van der Waals surface area (Å²) in [4.78, 5) is 12.3. The molecule has 5 nitrogen and oxygen atoms in total. The molecule has 108 valence electrons. The monoisotopic (exact) mass is 276 g/mol. The Kier molecular flexibility index (Phi) is 2.90. The second kappa shape index (κ2) is 4.38. The second-order valence-electron chi connectivity index (χ2n) is 6.08. The van der Waals surface area contributed by atoms with Crippen molar-refractivity contribution in [2.75, 3.05) is 5.32 Å². The molecular weight excluding hydrogens is 256 g/mol. The van der Waals surface area contributed by atoms with E-state index in [1.165, 1.54) is 0 Å². The molecule has 1 aliphatic carbocycles. The van der Waals surface area contributed by atoms with Gasteiger partial charge in [0.15, 0.2) is 11.5 Å². The zero-order chi connectivity index (χ0) is 14.4. The number of hydrogen-bond donors (Lipinski definition) is 2. The van der Waals surface area contributed by atoms with Gasteiger partial charge in [-0.05, 0) is 25.0 Å². The number of amides is 1. The van der Waals surface area contributed by atoms with Crippen molar-refractivity contribution in [2.24, 2.45) is 5.73 Å². The van der Waals surface area contributed by atoms with Crippen LogP contribution in [0.2, 0.25) is 0 Å². The number of hydrogen-bond acceptors (Lipinski definition) is 4. The summed E-state index contributed by atoms with van der Waals surface area (Å²) in [5.41, 5.74) is 6.10. The van der Waals surface area contributed by atoms with Crippen molar-refractivity contribution in [3.05, 3.63) is 18.2 Å². The van der Waals surface area contributed by atoms with Gasteiger partial charge in [-0.2, -0.15) is 0 Å². The molecule has 0 saturated heterocycles. The van der Waals surface area contributed by atoms with Crippen LogP contribution in [0.25, 0.3) is 0 Å². The molecule has 0 bridgehead atoms. The molecule has 1 heterocycles. The molecule has 1 saturated carbocycles. The highest BCUT2D eigenvalue weighted by Crippen LogP contribution is 2.41. The molecule has 0 unspecified atom stereocenters. The molecule has 0 spiro atoms. The highest BCUT2D eigenvalue weighted by Gasteiger charge is 2.37. The first-order chi connectivity index (χ1) is 9.38. The van der Waals surface area contributed by atoms with Crippen LogP contribution in [0, 0.1) is 0 Å². The van der Waals surface area contributed by atoms with Crippen LogP contribution in [-0.4, -0.2) is 17.2 Å². The quantitative estimate of drug-likeness (QED) is 0.870. The van der Waals surface area contributed by atoms with Gasteiger partial charge in [-0.3, -0.25) is 4.79 Å². The first-order valence-corrected chi connectivity index (χ1v) is 7.00. The van der Waals surface area contributed by atoms with Crippen molar-refractivity contribution in [1.82, 2.24) is 0 Å². The molecule has 3 N–H and O–H groups in total. The Morgan fingerprint density at radius 1 is 1.20 bits per heavy atom. The maximum Gasteiger partial charge on any atom is 0.246 e. The highest BCUT2D eigenvalue weighted by molar-refractivity contribution is 5.98. The zero-order valence-corrected chi connectivity index (χ0v) is 11.9. The zero-order valence-electron chi connectivity index (χ0n) is 11.9. The molecule has 1 aromatic carbocycles. The van der Waals surface area contributed by atoms with Crippen molar-refractivity contribution < 1.29 is 14.3 Å². The van der Waals surface area contributed by atoms with E-state index < -0.39 is 11.3 Å². The normalized spacial score (nSPS) is 21.8. The SMILES string of the molecule is CC1(C)Oc2ccc(NC(=O)C3(N)CCCC3)cc2O1. The summed E-state index contributed by atoms with van der Waals surface area (Å²) in [6.45, 7) is 3.69. The summed E-state index contributed by atoms with van der Waals surface area (Å²) >= 11 is 0. The van der Waals surface area contributed by atoms with Crippen LogP contribution in [0.4, 0.5) is 5.69 Å². The van der Waals surface area contributed by atoms with E-state index in [2.05, 4.69) is 5.32 Å². The number of ether oxygens (including phenoxy) is 2. The molecule has 0 radical (unpaired) electrons. The van der Waals surface area contributed by atoms with Gasteiger partial charge >= 0.3 is 0 Å². The highest BCUT2D eigenvalue weighted by atomic mass is 16.7. The lowest BCUT2D eigenvalue weighted by Gasteiger charge is -2.22. The predicted molar refractivity (Wildman–Crippen MR) is 75.8 cm³/mol. The van der Waals surface area contributed by atoms with Crippen molar-refractivity contribution >= 4 is 11.6 Å². The Morgan fingerprint density at radius 2 is 1.85 bits per heavy atom. The predicted octanol–water partition coefficient (Wildman–Crippen LogP) is 2.40. The van der Waals surface area contributed by atoms with E-state index in [9.17, 15) is 4.79 Å².